The van der Waals surface area contributed by atoms with Gasteiger partial charge in [-0.15, -0.1) is 0 Å². The van der Waals surface area contributed by atoms with E-state index in [1.165, 1.54) is 5.56 Å². The second-order valence-electron chi connectivity index (χ2n) is 5.81. The third kappa shape index (κ3) is 1.74. The fourth-order valence-electron chi connectivity index (χ4n) is 3.51. The normalized spacial score (nSPS) is 34.9. The van der Waals surface area contributed by atoms with E-state index in [9.17, 15) is 9.90 Å². The number of piperidine rings is 1. The van der Waals surface area contributed by atoms with Crippen LogP contribution in [-0.4, -0.2) is 29.1 Å². The van der Waals surface area contributed by atoms with Crippen molar-refractivity contribution in [1.82, 2.24) is 4.90 Å². The molecule has 0 aromatic heterocycles. The molecule has 2 aliphatic rings. The topological polar surface area (TPSA) is 40.5 Å². The van der Waals surface area contributed by atoms with Crippen molar-refractivity contribution in [3.63, 3.8) is 0 Å². The molecule has 2 fully saturated rings. The third-order valence-corrected chi connectivity index (χ3v) is 4.84. The van der Waals surface area contributed by atoms with Gasteiger partial charge < -0.3 is 5.11 Å². The molecule has 1 aliphatic heterocycles. The van der Waals surface area contributed by atoms with Crippen molar-refractivity contribution in [2.45, 2.75) is 19.9 Å². The summed E-state index contributed by atoms with van der Waals surface area (Å²) in [4.78, 5) is 13.7. The Morgan fingerprint density at radius 2 is 2.11 bits per heavy atom. The molecule has 3 nitrogen and oxygen atoms in total. The molecule has 1 aromatic rings. The van der Waals surface area contributed by atoms with Crippen LogP contribution in [0.15, 0.2) is 30.3 Å². The van der Waals surface area contributed by atoms with Gasteiger partial charge in [-0.2, -0.15) is 0 Å². The highest BCUT2D eigenvalue weighted by molar-refractivity contribution is 5.79. The zero-order chi connectivity index (χ0) is 12.8. The second-order valence-corrected chi connectivity index (χ2v) is 5.81. The van der Waals surface area contributed by atoms with Crippen molar-refractivity contribution in [3.05, 3.63) is 35.9 Å². The zero-order valence-corrected chi connectivity index (χ0v) is 10.7. The molecule has 1 saturated heterocycles. The molecule has 3 heteroatoms. The maximum atomic E-state index is 11.3. The molecule has 96 valence electrons. The number of hydrogen-bond donors (Lipinski definition) is 1. The van der Waals surface area contributed by atoms with Crippen molar-refractivity contribution >= 4 is 5.97 Å². The molecule has 0 amide bonds. The van der Waals surface area contributed by atoms with Crippen molar-refractivity contribution in [3.8, 4) is 0 Å². The van der Waals surface area contributed by atoms with E-state index < -0.39 is 11.4 Å². The lowest BCUT2D eigenvalue weighted by Gasteiger charge is -2.25. The van der Waals surface area contributed by atoms with Crippen LogP contribution in [0.2, 0.25) is 0 Å². The number of hydrogen-bond acceptors (Lipinski definition) is 2. The summed E-state index contributed by atoms with van der Waals surface area (Å²) in [6.45, 7) is 4.82. The van der Waals surface area contributed by atoms with Crippen LogP contribution >= 0.6 is 0 Å². The Bertz CT molecular complexity index is 459. The smallest absolute Gasteiger partial charge is 0.309 e. The quantitative estimate of drug-likeness (QED) is 0.887. The highest BCUT2D eigenvalue weighted by Crippen LogP contribution is 2.62. The molecule has 0 bridgehead atoms. The zero-order valence-electron chi connectivity index (χ0n) is 10.7. The number of carboxylic acid groups (broad SMARTS) is 1. The first-order valence-electron chi connectivity index (χ1n) is 6.62. The lowest BCUT2D eigenvalue weighted by atomic mass is 10.1. The van der Waals surface area contributed by atoms with Crippen molar-refractivity contribution in [1.29, 1.82) is 0 Å². The van der Waals surface area contributed by atoms with Gasteiger partial charge in [-0.05, 0) is 37.3 Å². The monoisotopic (exact) mass is 245 g/mol. The molecule has 1 saturated carbocycles. The van der Waals surface area contributed by atoms with E-state index in [0.717, 1.165) is 26.1 Å². The summed E-state index contributed by atoms with van der Waals surface area (Å²) in [5.74, 6) is 0.147. The average Bonchev–Trinajstić information content (AvgIpc) is 2.98. The summed E-state index contributed by atoms with van der Waals surface area (Å²) in [7, 11) is 0. The number of nitrogens with zero attached hydrogens (tertiary/aromatic N) is 1. The third-order valence-electron chi connectivity index (χ3n) is 4.84. The van der Waals surface area contributed by atoms with Gasteiger partial charge in [-0.1, -0.05) is 30.3 Å². The van der Waals surface area contributed by atoms with Gasteiger partial charge in [0.05, 0.1) is 5.41 Å². The fraction of sp³-hybridized carbons (Fsp3) is 0.533. The van der Waals surface area contributed by atoms with Gasteiger partial charge in [0.25, 0.3) is 0 Å². The van der Waals surface area contributed by atoms with E-state index in [2.05, 4.69) is 29.2 Å². The number of carboxylic acids is 1. The van der Waals surface area contributed by atoms with Crippen LogP contribution in [0.5, 0.6) is 0 Å². The predicted octanol–water partition coefficient (Wildman–Crippen LogP) is 2.23. The molecular weight excluding hydrogens is 226 g/mol. The van der Waals surface area contributed by atoms with Crippen LogP contribution < -0.4 is 0 Å². The Balaban J connectivity index is 1.64. The number of aliphatic carboxylic acids is 1. The number of benzene rings is 1. The van der Waals surface area contributed by atoms with Crippen LogP contribution in [0.25, 0.3) is 0 Å². The van der Waals surface area contributed by atoms with Crippen LogP contribution in [0.3, 0.4) is 0 Å². The van der Waals surface area contributed by atoms with Gasteiger partial charge >= 0.3 is 5.97 Å². The summed E-state index contributed by atoms with van der Waals surface area (Å²) < 4.78 is 0. The summed E-state index contributed by atoms with van der Waals surface area (Å²) in [5, 5.41) is 9.30. The largest absolute Gasteiger partial charge is 0.481 e. The molecule has 0 spiro atoms. The van der Waals surface area contributed by atoms with Gasteiger partial charge in [-0.25, -0.2) is 0 Å². The van der Waals surface area contributed by atoms with Crippen LogP contribution in [0, 0.1) is 17.3 Å². The minimum atomic E-state index is -0.612. The maximum absolute atomic E-state index is 11.3. The van der Waals surface area contributed by atoms with Crippen molar-refractivity contribution in [2.75, 3.05) is 13.1 Å². The van der Waals surface area contributed by atoms with E-state index in [4.69, 9.17) is 0 Å². The minimum Gasteiger partial charge on any atom is -0.481 e. The van der Waals surface area contributed by atoms with E-state index >= 15 is 0 Å². The first kappa shape index (κ1) is 11.7. The molecular formula is C15H19NO2. The highest BCUT2D eigenvalue weighted by atomic mass is 16.4. The standard InChI is InChI=1S/C15H19NO2/c1-15(14(17)18)12-7-8-16(10-13(12)15)9-11-5-3-2-4-6-11/h2-6,12-13H,7-10H2,1H3,(H,17,18). The van der Waals surface area contributed by atoms with Crippen molar-refractivity contribution in [2.24, 2.45) is 17.3 Å². The Morgan fingerprint density at radius 3 is 2.78 bits per heavy atom. The second kappa shape index (κ2) is 4.09. The summed E-state index contributed by atoms with van der Waals surface area (Å²) in [6.07, 6.45) is 1.03. The van der Waals surface area contributed by atoms with E-state index in [1.54, 1.807) is 0 Å². The average molecular weight is 245 g/mol. The summed E-state index contributed by atoms with van der Waals surface area (Å²) in [6, 6.07) is 10.4. The Hall–Kier alpha value is -1.35. The lowest BCUT2D eigenvalue weighted by Crippen LogP contribution is -2.31. The van der Waals surface area contributed by atoms with Gasteiger partial charge in [0.1, 0.15) is 0 Å². The molecule has 18 heavy (non-hydrogen) atoms. The van der Waals surface area contributed by atoms with Crippen LogP contribution in [0.4, 0.5) is 0 Å². The molecule has 1 N–H and O–H groups in total. The number of likely N-dealkylation sites (tertiary alicyclic amines) is 1. The van der Waals surface area contributed by atoms with Gasteiger partial charge in [0, 0.05) is 13.1 Å². The van der Waals surface area contributed by atoms with Crippen LogP contribution in [0.1, 0.15) is 18.9 Å². The van der Waals surface area contributed by atoms with E-state index in [0.29, 0.717) is 11.8 Å². The van der Waals surface area contributed by atoms with Crippen LogP contribution in [-0.2, 0) is 11.3 Å². The first-order valence-corrected chi connectivity index (χ1v) is 6.62. The number of fused-ring (bicyclic) bond motifs is 1. The van der Waals surface area contributed by atoms with Gasteiger partial charge in [-0.3, -0.25) is 9.69 Å². The summed E-state index contributed by atoms with van der Waals surface area (Å²) in [5.41, 5.74) is 0.861. The van der Waals surface area contributed by atoms with Crippen molar-refractivity contribution < 1.29 is 9.90 Å². The molecule has 1 aromatic carbocycles. The maximum Gasteiger partial charge on any atom is 0.309 e. The SMILES string of the molecule is CC1(C(=O)O)C2CCN(Cc3ccccc3)CC21. The Labute approximate surface area is 107 Å². The molecule has 1 heterocycles. The summed E-state index contributed by atoms with van der Waals surface area (Å²) >= 11 is 0. The Kier molecular flexibility index (Phi) is 2.67. The molecule has 0 radical (unpaired) electrons. The lowest BCUT2D eigenvalue weighted by molar-refractivity contribution is -0.143. The van der Waals surface area contributed by atoms with Gasteiger partial charge in [0.2, 0.25) is 0 Å². The van der Waals surface area contributed by atoms with E-state index in [1.807, 2.05) is 13.0 Å². The minimum absolute atomic E-state index is 0.354. The molecule has 3 unspecified atom stereocenters. The molecule has 3 atom stereocenters. The highest BCUT2D eigenvalue weighted by Gasteiger charge is 2.67. The predicted molar refractivity (Wildman–Crippen MR) is 69.1 cm³/mol. The number of carbonyl (C=O) groups is 1. The first-order chi connectivity index (χ1) is 8.62. The van der Waals surface area contributed by atoms with Gasteiger partial charge in [0.15, 0.2) is 0 Å². The Morgan fingerprint density at radius 1 is 1.39 bits per heavy atom. The van der Waals surface area contributed by atoms with E-state index in [-0.39, 0.29) is 0 Å². The number of rotatable bonds is 3. The molecule has 3 rings (SSSR count). The fourth-order valence-corrected chi connectivity index (χ4v) is 3.51. The molecule has 1 aliphatic carbocycles.